The Morgan fingerprint density at radius 3 is 2.12 bits per heavy atom. The van der Waals surface area contributed by atoms with Crippen molar-refractivity contribution in [2.24, 2.45) is 34.3 Å². The van der Waals surface area contributed by atoms with Gasteiger partial charge in [-0.05, 0) is 53.6 Å². The number of aliphatic hydroxyl groups excluding tert-OH is 1. The number of nitrogens with two attached hydrogens (primary N) is 1. The van der Waals surface area contributed by atoms with Gasteiger partial charge in [0.05, 0.1) is 22.5 Å². The van der Waals surface area contributed by atoms with Gasteiger partial charge < -0.3 is 30.9 Å². The maximum atomic E-state index is 14.4. The average molecular weight is 735 g/mol. The normalized spacial score (nSPS) is 21.3. The zero-order chi connectivity index (χ0) is 38.4. The number of amides is 4. The number of ketones is 1. The molecule has 1 heterocycles. The van der Waals surface area contributed by atoms with Crippen molar-refractivity contribution >= 4 is 40.5 Å². The predicted molar refractivity (Wildman–Crippen MR) is 193 cm³/mol. The predicted octanol–water partition coefficient (Wildman–Crippen LogP) is 1.88. The van der Waals surface area contributed by atoms with E-state index in [0.29, 0.717) is 12.8 Å². The van der Waals surface area contributed by atoms with Gasteiger partial charge in [-0.25, -0.2) is 4.21 Å². The summed E-state index contributed by atoms with van der Waals surface area (Å²) in [6.45, 7) is 15.5. The van der Waals surface area contributed by atoms with Gasteiger partial charge in [-0.3, -0.25) is 34.6 Å². The largest absolute Gasteiger partial charge is 0.365 e. The molecule has 0 spiro atoms. The quantitative estimate of drug-likeness (QED) is 0.0743. The highest BCUT2D eigenvalue weighted by atomic mass is 32.2. The molecular formula is C36H58N6O8S. The summed E-state index contributed by atoms with van der Waals surface area (Å²) in [5.74, 6) is -3.43. The Labute approximate surface area is 304 Å². The third kappa shape index (κ3) is 11.1. The van der Waals surface area contributed by atoms with Crippen LogP contribution in [0.4, 0.5) is 0 Å². The number of nitrogens with one attached hydrogen (secondary N) is 4. The van der Waals surface area contributed by atoms with Crippen LogP contribution in [0.25, 0.3) is 0 Å². The molecule has 3 unspecified atom stereocenters. The van der Waals surface area contributed by atoms with E-state index < -0.39 is 81.8 Å². The van der Waals surface area contributed by atoms with Crippen LogP contribution < -0.4 is 27.0 Å². The molecular weight excluding hydrogens is 676 g/mol. The molecule has 2 fully saturated rings. The van der Waals surface area contributed by atoms with Gasteiger partial charge in [-0.1, -0.05) is 86.8 Å². The number of likely N-dealkylation sites (tertiary alicyclic amines) is 1. The number of aliphatic hydroxyl groups is 1. The van der Waals surface area contributed by atoms with Crippen LogP contribution >= 0.6 is 0 Å². The van der Waals surface area contributed by atoms with Gasteiger partial charge in [0.15, 0.2) is 17.4 Å². The van der Waals surface area contributed by atoms with Gasteiger partial charge in [0, 0.05) is 19.1 Å². The van der Waals surface area contributed by atoms with Crippen LogP contribution in [0.1, 0.15) is 97.9 Å². The van der Waals surface area contributed by atoms with E-state index in [9.17, 15) is 37.8 Å². The van der Waals surface area contributed by atoms with Gasteiger partial charge in [0.2, 0.25) is 17.6 Å². The molecule has 1 aromatic carbocycles. The van der Waals surface area contributed by atoms with E-state index in [1.165, 1.54) is 17.0 Å². The first kappa shape index (κ1) is 42.2. The summed E-state index contributed by atoms with van der Waals surface area (Å²) in [7, 11) is 0. The van der Waals surface area contributed by atoms with Crippen molar-refractivity contribution in [2.75, 3.05) is 13.1 Å². The lowest BCUT2D eigenvalue weighted by atomic mass is 9.80. The van der Waals surface area contributed by atoms with Crippen molar-refractivity contribution in [3.05, 3.63) is 29.8 Å². The summed E-state index contributed by atoms with van der Waals surface area (Å²) in [6.07, 6.45) is 2.26. The molecule has 8 N–H and O–H groups in total. The third-order valence-corrected chi connectivity index (χ3v) is 10.9. The molecule has 1 saturated heterocycles. The molecule has 0 radical (unpaired) electrons. The number of carbonyl (C=O) groups excluding carboxylic acids is 5. The fourth-order valence-corrected chi connectivity index (χ4v) is 7.33. The first-order valence-electron chi connectivity index (χ1n) is 17.8. The Morgan fingerprint density at radius 2 is 1.61 bits per heavy atom. The van der Waals surface area contributed by atoms with Crippen molar-refractivity contribution in [3.63, 3.8) is 0 Å². The summed E-state index contributed by atoms with van der Waals surface area (Å²) in [5.41, 5.74) is 4.16. The van der Waals surface area contributed by atoms with E-state index in [4.69, 9.17) is 5.73 Å². The minimum absolute atomic E-state index is 0.0227. The topological polar surface area (TPSA) is 220 Å². The van der Waals surface area contributed by atoms with E-state index in [-0.39, 0.29) is 41.3 Å². The van der Waals surface area contributed by atoms with E-state index in [1.807, 2.05) is 55.4 Å². The van der Waals surface area contributed by atoms with Crippen molar-refractivity contribution in [1.82, 2.24) is 26.2 Å². The zero-order valence-corrected chi connectivity index (χ0v) is 32.0. The maximum Gasteiger partial charge on any atom is 0.287 e. The summed E-state index contributed by atoms with van der Waals surface area (Å²) in [5, 5.41) is 23.0. The van der Waals surface area contributed by atoms with Crippen LogP contribution in [0, 0.1) is 28.6 Å². The molecule has 4 amide bonds. The van der Waals surface area contributed by atoms with Crippen molar-refractivity contribution in [2.45, 2.75) is 123 Å². The first-order valence-corrected chi connectivity index (χ1v) is 18.9. The third-order valence-electron chi connectivity index (χ3n) is 10.2. The zero-order valence-electron chi connectivity index (χ0n) is 31.2. The first-order chi connectivity index (χ1) is 23.6. The molecule has 7 atom stereocenters. The molecule has 0 bridgehead atoms. The van der Waals surface area contributed by atoms with E-state index >= 15 is 0 Å². The lowest BCUT2D eigenvalue weighted by molar-refractivity contribution is -0.146. The second-order valence-corrected chi connectivity index (χ2v) is 17.3. The average Bonchev–Trinajstić information content (AvgIpc) is 3.47. The highest BCUT2D eigenvalue weighted by Crippen LogP contribution is 2.35. The molecule has 14 nitrogen and oxygen atoms in total. The fraction of sp³-hybridized carbons (Fsp3) is 0.694. The number of hydrogen-bond acceptors (Lipinski definition) is 9. The van der Waals surface area contributed by atoms with E-state index in [2.05, 4.69) is 21.3 Å². The Kier molecular flexibility index (Phi) is 14.5. The number of Topliss-reactive ketones (excluding diaryl/α,β-unsaturated/α-hetero) is 1. The minimum atomic E-state index is -2.36. The molecule has 3 rings (SSSR count). The summed E-state index contributed by atoms with van der Waals surface area (Å²) >= 11 is -2.36. The number of benzene rings is 1. The second kappa shape index (κ2) is 17.5. The van der Waals surface area contributed by atoms with Crippen LogP contribution in [-0.4, -0.2) is 91.8 Å². The van der Waals surface area contributed by atoms with Crippen LogP contribution in [0.5, 0.6) is 0 Å². The smallest absolute Gasteiger partial charge is 0.287 e. The molecule has 15 heteroatoms. The number of rotatable bonds is 16. The lowest BCUT2D eigenvalue weighted by Gasteiger charge is -2.40. The summed E-state index contributed by atoms with van der Waals surface area (Å²) < 4.78 is 21.4. The number of hydrogen-bond donors (Lipinski definition) is 7. The maximum absolute atomic E-state index is 14.4. The Hall–Kier alpha value is -3.24. The van der Waals surface area contributed by atoms with Crippen LogP contribution in [0.2, 0.25) is 0 Å². The molecule has 51 heavy (non-hydrogen) atoms. The monoisotopic (exact) mass is 734 g/mol. The van der Waals surface area contributed by atoms with E-state index in [0.717, 1.165) is 19.3 Å². The van der Waals surface area contributed by atoms with Gasteiger partial charge in [-0.2, -0.15) is 0 Å². The minimum Gasteiger partial charge on any atom is -0.365 e. The van der Waals surface area contributed by atoms with Gasteiger partial charge >= 0.3 is 0 Å². The summed E-state index contributed by atoms with van der Waals surface area (Å²) in [6, 6.07) is 2.52. The Bertz CT molecular complexity index is 1450. The van der Waals surface area contributed by atoms with Crippen LogP contribution in [0.3, 0.4) is 0 Å². The molecule has 286 valence electrons. The van der Waals surface area contributed by atoms with Gasteiger partial charge in [0.1, 0.15) is 6.04 Å². The molecule has 1 aromatic rings. The highest BCUT2D eigenvalue weighted by Gasteiger charge is 2.48. The Balaban J connectivity index is 1.80. The number of primary amides is 1. The Morgan fingerprint density at radius 1 is 0.980 bits per heavy atom. The summed E-state index contributed by atoms with van der Waals surface area (Å²) in [4.78, 5) is 67.5. The van der Waals surface area contributed by atoms with E-state index in [1.54, 1.807) is 12.1 Å². The fourth-order valence-electron chi connectivity index (χ4n) is 6.79. The second-order valence-electron chi connectivity index (χ2n) is 16.4. The molecule has 2 aliphatic rings. The van der Waals surface area contributed by atoms with Gasteiger partial charge in [0.25, 0.3) is 11.8 Å². The standard InChI is InChI=1S/C36H58N6O8S/c1-20(2)22-16-17-42(27(22)32(46)39-24(28(43)30(37)44)18-21-12-11-13-21)33(47)29(36(6,7)8)41-34(48)40-26(35(3,4)5)19-38-31(45)23-14-9-10-15-25(23)51(49)50/h9-10,14-15,20-22,24,26-27,29,34,40-41,48H,11-13,16-19H2,1-8H3,(H2,37,44)(H,38,45)(H,39,46)(H,49,50)/t22-,24?,26-,27+,29-,34?/m1/s1. The highest BCUT2D eigenvalue weighted by molar-refractivity contribution is 7.79. The molecule has 0 aromatic heterocycles. The van der Waals surface area contributed by atoms with Crippen molar-refractivity contribution in [3.8, 4) is 0 Å². The number of nitrogens with zero attached hydrogens (tertiary/aromatic N) is 1. The molecule has 1 saturated carbocycles. The van der Waals surface area contributed by atoms with Crippen molar-refractivity contribution in [1.29, 1.82) is 0 Å². The van der Waals surface area contributed by atoms with Crippen LogP contribution in [-0.2, 0) is 30.3 Å². The number of carbonyl (C=O) groups is 5. The van der Waals surface area contributed by atoms with Crippen LogP contribution in [0.15, 0.2) is 29.2 Å². The van der Waals surface area contributed by atoms with Gasteiger partial charge in [-0.15, -0.1) is 0 Å². The SMILES string of the molecule is CC(C)[C@H]1CCN(C(=O)[C@@H](NC(O)N[C@H](CNC(=O)c2ccccc2S(=O)O)C(C)(C)C)C(C)(C)C)[C@@H]1C(=O)NC(CC1CCC1)C(=O)C(N)=O. The molecule has 1 aliphatic heterocycles. The molecule has 1 aliphatic carbocycles. The van der Waals surface area contributed by atoms with Crippen molar-refractivity contribution < 1.29 is 37.8 Å². The lowest BCUT2D eigenvalue weighted by Crippen LogP contribution is -2.64.